The highest BCUT2D eigenvalue weighted by Crippen LogP contribution is 2.32. The van der Waals surface area contributed by atoms with Crippen molar-refractivity contribution in [3.63, 3.8) is 0 Å². The molecule has 3 heterocycles. The number of rotatable bonds is 3. The topological polar surface area (TPSA) is 63.4 Å². The summed E-state index contributed by atoms with van der Waals surface area (Å²) in [6.45, 7) is 5.79. The standard InChI is InChI=1S/C24H32N4O/c1-16-15-29-11-10-28(16)23-7-3-5-18-14-26-20(13-21(18)23)12-19-9-8-17-4-2-6-22(25)24(17)27-19/h3,5,7-9,16,20,22,26H,2,4,6,10-15,25H2,1H3/t16-,20+,22?/m1/s1. The Morgan fingerprint density at radius 2 is 2.17 bits per heavy atom. The maximum absolute atomic E-state index is 6.33. The van der Waals surface area contributed by atoms with Crippen LogP contribution >= 0.6 is 0 Å². The molecule has 3 atom stereocenters. The molecule has 0 spiro atoms. The van der Waals surface area contributed by atoms with Gasteiger partial charge in [0.15, 0.2) is 0 Å². The van der Waals surface area contributed by atoms with Crippen LogP contribution in [0.25, 0.3) is 0 Å². The van der Waals surface area contributed by atoms with E-state index in [4.69, 9.17) is 15.5 Å². The maximum Gasteiger partial charge on any atom is 0.0668 e. The number of benzene rings is 1. The van der Waals surface area contributed by atoms with E-state index in [1.165, 1.54) is 34.5 Å². The van der Waals surface area contributed by atoms with E-state index >= 15 is 0 Å². The molecule has 0 saturated carbocycles. The Kier molecular flexibility index (Phi) is 5.29. The average Bonchev–Trinajstić information content (AvgIpc) is 2.74. The van der Waals surface area contributed by atoms with Gasteiger partial charge in [0.2, 0.25) is 0 Å². The van der Waals surface area contributed by atoms with Gasteiger partial charge in [0.1, 0.15) is 0 Å². The molecule has 0 bridgehead atoms. The zero-order valence-corrected chi connectivity index (χ0v) is 17.4. The molecule has 29 heavy (non-hydrogen) atoms. The largest absolute Gasteiger partial charge is 0.377 e. The van der Waals surface area contributed by atoms with Gasteiger partial charge in [0.25, 0.3) is 0 Å². The molecule has 1 aromatic carbocycles. The van der Waals surface area contributed by atoms with Crippen LogP contribution in [0.5, 0.6) is 0 Å². The number of aryl methyl sites for hydroxylation is 1. The SMILES string of the molecule is C[C@@H]1COCCN1c1cccc2c1C[C@H](Cc1ccc3c(n1)C(N)CCC3)NC2. The summed E-state index contributed by atoms with van der Waals surface area (Å²) >= 11 is 0. The third-order valence-electron chi connectivity index (χ3n) is 6.80. The number of nitrogens with one attached hydrogen (secondary N) is 1. The quantitative estimate of drug-likeness (QED) is 0.841. The molecule has 1 unspecified atom stereocenters. The number of hydrogen-bond donors (Lipinski definition) is 2. The Morgan fingerprint density at radius 1 is 1.24 bits per heavy atom. The van der Waals surface area contributed by atoms with Crippen molar-refractivity contribution in [3.8, 4) is 0 Å². The first kappa shape index (κ1) is 19.0. The summed E-state index contributed by atoms with van der Waals surface area (Å²) in [4.78, 5) is 7.51. The minimum absolute atomic E-state index is 0.105. The highest BCUT2D eigenvalue weighted by molar-refractivity contribution is 5.59. The number of aromatic nitrogens is 1. The number of pyridine rings is 1. The third kappa shape index (κ3) is 3.79. The molecule has 3 N–H and O–H groups in total. The minimum atomic E-state index is 0.105. The lowest BCUT2D eigenvalue weighted by Gasteiger charge is -2.38. The first-order chi connectivity index (χ1) is 14.2. The average molecular weight is 393 g/mol. The maximum atomic E-state index is 6.33. The van der Waals surface area contributed by atoms with Crippen LogP contribution in [0, 0.1) is 0 Å². The van der Waals surface area contributed by atoms with Crippen LogP contribution in [0.15, 0.2) is 30.3 Å². The molecule has 1 saturated heterocycles. The Labute approximate surface area is 173 Å². The van der Waals surface area contributed by atoms with E-state index in [1.807, 2.05) is 0 Å². The molecule has 5 heteroatoms. The molecule has 0 radical (unpaired) electrons. The van der Waals surface area contributed by atoms with E-state index in [2.05, 4.69) is 47.5 Å². The van der Waals surface area contributed by atoms with E-state index in [-0.39, 0.29) is 6.04 Å². The molecular weight excluding hydrogens is 360 g/mol. The van der Waals surface area contributed by atoms with E-state index in [0.29, 0.717) is 12.1 Å². The normalized spacial score (nSPS) is 26.7. The van der Waals surface area contributed by atoms with Gasteiger partial charge in [-0.15, -0.1) is 0 Å². The monoisotopic (exact) mass is 392 g/mol. The van der Waals surface area contributed by atoms with Crippen molar-refractivity contribution in [3.05, 3.63) is 58.4 Å². The van der Waals surface area contributed by atoms with Gasteiger partial charge in [-0.2, -0.15) is 0 Å². The van der Waals surface area contributed by atoms with Gasteiger partial charge >= 0.3 is 0 Å². The molecule has 1 aromatic heterocycles. The highest BCUT2D eigenvalue weighted by atomic mass is 16.5. The van der Waals surface area contributed by atoms with Gasteiger partial charge in [0.05, 0.1) is 18.9 Å². The fourth-order valence-electron chi connectivity index (χ4n) is 5.19. The molecule has 5 nitrogen and oxygen atoms in total. The summed E-state index contributed by atoms with van der Waals surface area (Å²) in [6.07, 6.45) is 5.35. The van der Waals surface area contributed by atoms with Crippen molar-refractivity contribution in [1.82, 2.24) is 10.3 Å². The lowest BCUT2D eigenvalue weighted by Crippen LogP contribution is -2.45. The van der Waals surface area contributed by atoms with E-state index in [1.54, 1.807) is 0 Å². The smallest absolute Gasteiger partial charge is 0.0668 e. The second kappa shape index (κ2) is 8.05. The second-order valence-electron chi connectivity index (χ2n) is 8.86. The predicted octanol–water partition coefficient (Wildman–Crippen LogP) is 2.90. The lowest BCUT2D eigenvalue weighted by molar-refractivity contribution is 0.0988. The van der Waals surface area contributed by atoms with Crippen molar-refractivity contribution < 1.29 is 4.74 Å². The number of nitrogens with zero attached hydrogens (tertiary/aromatic N) is 2. The van der Waals surface area contributed by atoms with Crippen molar-refractivity contribution in [2.24, 2.45) is 5.73 Å². The van der Waals surface area contributed by atoms with Crippen LogP contribution in [0.2, 0.25) is 0 Å². The molecule has 0 amide bonds. The first-order valence-corrected chi connectivity index (χ1v) is 11.1. The van der Waals surface area contributed by atoms with Crippen molar-refractivity contribution in [1.29, 1.82) is 0 Å². The van der Waals surface area contributed by atoms with Gasteiger partial charge in [-0.3, -0.25) is 4.98 Å². The number of ether oxygens (including phenoxy) is 1. The fraction of sp³-hybridized carbons (Fsp3) is 0.542. The lowest BCUT2D eigenvalue weighted by atomic mass is 9.89. The van der Waals surface area contributed by atoms with Crippen molar-refractivity contribution in [2.45, 2.75) is 63.7 Å². The Morgan fingerprint density at radius 3 is 3.07 bits per heavy atom. The summed E-state index contributed by atoms with van der Waals surface area (Å²) in [5.41, 5.74) is 14.3. The molecule has 3 aliphatic rings. The zero-order chi connectivity index (χ0) is 19.8. The number of hydrogen-bond acceptors (Lipinski definition) is 5. The van der Waals surface area contributed by atoms with Gasteiger partial charge in [-0.1, -0.05) is 18.2 Å². The van der Waals surface area contributed by atoms with Gasteiger partial charge in [-0.05, 0) is 61.4 Å². The van der Waals surface area contributed by atoms with Gasteiger partial charge in [-0.25, -0.2) is 0 Å². The third-order valence-corrected chi connectivity index (χ3v) is 6.80. The summed E-state index contributed by atoms with van der Waals surface area (Å²) in [5.74, 6) is 0. The van der Waals surface area contributed by atoms with E-state index in [0.717, 1.165) is 57.7 Å². The van der Waals surface area contributed by atoms with E-state index in [9.17, 15) is 0 Å². The summed E-state index contributed by atoms with van der Waals surface area (Å²) in [5, 5.41) is 3.74. The van der Waals surface area contributed by atoms with Gasteiger partial charge < -0.3 is 20.7 Å². The molecule has 2 aromatic rings. The Bertz CT molecular complexity index is 883. The fourth-order valence-corrected chi connectivity index (χ4v) is 5.19. The number of fused-ring (bicyclic) bond motifs is 2. The van der Waals surface area contributed by atoms with Crippen molar-refractivity contribution >= 4 is 5.69 Å². The van der Waals surface area contributed by atoms with Crippen LogP contribution in [0.3, 0.4) is 0 Å². The second-order valence-corrected chi connectivity index (χ2v) is 8.86. The first-order valence-electron chi connectivity index (χ1n) is 11.1. The molecule has 154 valence electrons. The Balaban J connectivity index is 1.36. The molecule has 2 aliphatic heterocycles. The minimum Gasteiger partial charge on any atom is -0.377 e. The van der Waals surface area contributed by atoms with Crippen LogP contribution in [-0.4, -0.2) is 36.8 Å². The molecule has 1 fully saturated rings. The summed E-state index contributed by atoms with van der Waals surface area (Å²) in [6, 6.07) is 12.2. The predicted molar refractivity (Wildman–Crippen MR) is 116 cm³/mol. The molecule has 5 rings (SSSR count). The molecule has 1 aliphatic carbocycles. The van der Waals surface area contributed by atoms with Crippen LogP contribution in [-0.2, 0) is 30.5 Å². The number of nitrogens with two attached hydrogens (primary N) is 1. The van der Waals surface area contributed by atoms with Crippen LogP contribution in [0.4, 0.5) is 5.69 Å². The number of morpholine rings is 1. The van der Waals surface area contributed by atoms with Gasteiger partial charge in [0, 0.05) is 49.0 Å². The zero-order valence-electron chi connectivity index (χ0n) is 17.4. The summed E-state index contributed by atoms with van der Waals surface area (Å²) < 4.78 is 5.66. The van der Waals surface area contributed by atoms with Crippen LogP contribution < -0.4 is 16.0 Å². The van der Waals surface area contributed by atoms with Crippen molar-refractivity contribution in [2.75, 3.05) is 24.7 Å². The number of anilines is 1. The van der Waals surface area contributed by atoms with Crippen LogP contribution in [0.1, 0.15) is 53.9 Å². The van der Waals surface area contributed by atoms with E-state index < -0.39 is 0 Å². The highest BCUT2D eigenvalue weighted by Gasteiger charge is 2.27. The molecular formula is C24H32N4O. The summed E-state index contributed by atoms with van der Waals surface area (Å²) in [7, 11) is 0. The Hall–Kier alpha value is -1.95.